The van der Waals surface area contributed by atoms with Crippen molar-refractivity contribution in [2.24, 2.45) is 0 Å². The van der Waals surface area contributed by atoms with E-state index in [4.69, 9.17) is 9.15 Å². The molecule has 2 aromatic heterocycles. The van der Waals surface area contributed by atoms with Gasteiger partial charge in [0, 0.05) is 6.07 Å². The highest BCUT2D eigenvalue weighted by molar-refractivity contribution is 6.42. The first-order valence-electron chi connectivity index (χ1n) is 7.20. The van der Waals surface area contributed by atoms with Crippen LogP contribution in [-0.4, -0.2) is 26.7 Å². The van der Waals surface area contributed by atoms with Crippen molar-refractivity contribution in [3.8, 4) is 11.7 Å². The molecule has 26 heavy (non-hydrogen) atoms. The molecule has 3 aromatic rings. The number of nitrogens with zero attached hydrogens (tertiary/aromatic N) is 2. The summed E-state index contributed by atoms with van der Waals surface area (Å²) in [6, 6.07) is 7.22. The van der Waals surface area contributed by atoms with Crippen molar-refractivity contribution in [2.45, 2.75) is 12.6 Å². The highest BCUT2D eigenvalue weighted by Crippen LogP contribution is 2.38. The van der Waals surface area contributed by atoms with Crippen LogP contribution in [-0.2, 0) is 17.4 Å². The van der Waals surface area contributed by atoms with Gasteiger partial charge in [0.25, 0.3) is 11.7 Å². The van der Waals surface area contributed by atoms with E-state index in [1.165, 1.54) is 24.3 Å². The van der Waals surface area contributed by atoms with Gasteiger partial charge in [-0.2, -0.15) is 18.3 Å². The molecule has 0 fully saturated rings. The zero-order valence-electron chi connectivity index (χ0n) is 12.9. The molecule has 0 radical (unpaired) electrons. The molecular formula is C16H10F3N3O4. The summed E-state index contributed by atoms with van der Waals surface area (Å²) in [5, 5.41) is 5.74. The fourth-order valence-corrected chi connectivity index (χ4v) is 2.09. The number of Topliss-reactive ketones (excluding diaryl/α,β-unsaturated/α-hetero) is 2. The number of hydrogen-bond acceptors (Lipinski definition) is 6. The van der Waals surface area contributed by atoms with Crippen LogP contribution in [0.4, 0.5) is 13.2 Å². The van der Waals surface area contributed by atoms with Crippen LogP contribution in [0.2, 0.25) is 0 Å². The number of H-pyrrole nitrogens is 1. The maximum Gasteiger partial charge on any atom is 0.419 e. The van der Waals surface area contributed by atoms with Crippen molar-refractivity contribution >= 4 is 11.6 Å². The van der Waals surface area contributed by atoms with Crippen LogP contribution >= 0.6 is 0 Å². The van der Waals surface area contributed by atoms with Crippen molar-refractivity contribution in [2.75, 3.05) is 0 Å². The third-order valence-electron chi connectivity index (χ3n) is 3.26. The minimum Gasteiger partial charge on any atom is -0.430 e. The Kier molecular flexibility index (Phi) is 4.57. The summed E-state index contributed by atoms with van der Waals surface area (Å²) in [6.45, 7) is 0. The molecule has 0 spiro atoms. The summed E-state index contributed by atoms with van der Waals surface area (Å²) in [7, 11) is 0. The van der Waals surface area contributed by atoms with E-state index in [0.717, 1.165) is 18.5 Å². The Hall–Kier alpha value is -3.43. The van der Waals surface area contributed by atoms with E-state index >= 15 is 0 Å². The summed E-state index contributed by atoms with van der Waals surface area (Å²) in [5.74, 6) is -2.54. The molecule has 0 atom stereocenters. The summed E-state index contributed by atoms with van der Waals surface area (Å²) < 4.78 is 49.1. The van der Waals surface area contributed by atoms with Gasteiger partial charge in [-0.1, -0.05) is 12.1 Å². The van der Waals surface area contributed by atoms with Gasteiger partial charge in [-0.05, 0) is 18.2 Å². The van der Waals surface area contributed by atoms with Crippen LogP contribution < -0.4 is 4.74 Å². The first-order chi connectivity index (χ1) is 12.3. The predicted molar refractivity (Wildman–Crippen MR) is 79.7 cm³/mol. The topological polar surface area (TPSA) is 98.1 Å². The van der Waals surface area contributed by atoms with Crippen LogP contribution in [0.15, 0.2) is 47.1 Å². The number of benzene rings is 1. The summed E-state index contributed by atoms with van der Waals surface area (Å²) in [5.41, 5.74) is -0.963. The molecule has 10 heteroatoms. The second kappa shape index (κ2) is 6.82. The average Bonchev–Trinajstić information content (AvgIpc) is 3.26. The monoisotopic (exact) mass is 365 g/mol. The summed E-state index contributed by atoms with van der Waals surface area (Å²) >= 11 is 0. The number of ketones is 2. The van der Waals surface area contributed by atoms with E-state index in [0.29, 0.717) is 0 Å². The normalized spacial score (nSPS) is 11.3. The smallest absolute Gasteiger partial charge is 0.419 e. The Morgan fingerprint density at radius 3 is 2.62 bits per heavy atom. The Labute approximate surface area is 143 Å². The molecule has 2 heterocycles. The van der Waals surface area contributed by atoms with Gasteiger partial charge in [0.1, 0.15) is 17.8 Å². The number of carbonyl (C=O) groups is 2. The standard InChI is InChI=1S/C16H10F3N3O4/c17-16(18,19)10-3-1-2-4-12(10)26-13-6-5-9(25-13)7-11(23)14(24)15-20-8-21-22-15/h1-6,8H,7H2,(H,20,21,22). The molecule has 0 saturated carbocycles. The number of para-hydroxylation sites is 1. The first-order valence-corrected chi connectivity index (χ1v) is 7.20. The second-order valence-corrected chi connectivity index (χ2v) is 5.08. The van der Waals surface area contributed by atoms with Gasteiger partial charge in [0.15, 0.2) is 5.82 Å². The number of aromatic nitrogens is 3. The lowest BCUT2D eigenvalue weighted by molar-refractivity contribution is -0.138. The molecule has 3 rings (SSSR count). The lowest BCUT2D eigenvalue weighted by atomic mass is 10.1. The molecule has 7 nitrogen and oxygen atoms in total. The molecule has 0 aliphatic rings. The summed E-state index contributed by atoms with van der Waals surface area (Å²) in [4.78, 5) is 27.2. The molecule has 1 aromatic carbocycles. The van der Waals surface area contributed by atoms with Gasteiger partial charge in [0.05, 0.1) is 12.0 Å². The number of alkyl halides is 3. The molecule has 134 valence electrons. The predicted octanol–water partition coefficient (Wildman–Crippen LogP) is 3.20. The molecule has 0 amide bonds. The number of nitrogens with one attached hydrogen (secondary N) is 1. The highest BCUT2D eigenvalue weighted by Gasteiger charge is 2.34. The van der Waals surface area contributed by atoms with E-state index < -0.39 is 35.5 Å². The van der Waals surface area contributed by atoms with Gasteiger partial charge in [-0.3, -0.25) is 14.7 Å². The SMILES string of the molecule is O=C(Cc1ccc(Oc2ccccc2C(F)(F)F)o1)C(=O)c1ncn[nH]1. The van der Waals surface area contributed by atoms with E-state index in [-0.39, 0.29) is 17.5 Å². The number of carbonyl (C=O) groups excluding carboxylic acids is 2. The number of furan rings is 1. The molecule has 1 N–H and O–H groups in total. The minimum absolute atomic E-state index is 0.0577. The number of hydrogen-bond donors (Lipinski definition) is 1. The maximum atomic E-state index is 12.9. The van der Waals surface area contributed by atoms with Crippen LogP contribution in [0.5, 0.6) is 11.7 Å². The molecule has 0 saturated heterocycles. The van der Waals surface area contributed by atoms with E-state index in [1.807, 2.05) is 0 Å². The van der Waals surface area contributed by atoms with Gasteiger partial charge < -0.3 is 9.15 Å². The zero-order chi connectivity index (χ0) is 18.7. The molecule has 0 bridgehead atoms. The lowest BCUT2D eigenvalue weighted by Crippen LogP contribution is -2.17. The van der Waals surface area contributed by atoms with Crippen LogP contribution in [0.1, 0.15) is 21.9 Å². The van der Waals surface area contributed by atoms with Gasteiger partial charge in [-0.25, -0.2) is 4.98 Å². The minimum atomic E-state index is -4.59. The number of rotatable bonds is 6. The fraction of sp³-hybridized carbons (Fsp3) is 0.125. The molecular weight excluding hydrogens is 355 g/mol. The van der Waals surface area contributed by atoms with Gasteiger partial charge in [-0.15, -0.1) is 0 Å². The average molecular weight is 365 g/mol. The number of aromatic amines is 1. The van der Waals surface area contributed by atoms with Crippen molar-refractivity contribution in [3.05, 3.63) is 59.9 Å². The van der Waals surface area contributed by atoms with Crippen molar-refractivity contribution in [1.82, 2.24) is 15.2 Å². The van der Waals surface area contributed by atoms with Crippen LogP contribution in [0, 0.1) is 0 Å². The number of ether oxygens (including phenoxy) is 1. The molecule has 0 aliphatic heterocycles. The zero-order valence-corrected chi connectivity index (χ0v) is 12.9. The van der Waals surface area contributed by atoms with Crippen molar-refractivity contribution in [3.63, 3.8) is 0 Å². The third kappa shape index (κ3) is 3.79. The van der Waals surface area contributed by atoms with Gasteiger partial charge >= 0.3 is 6.18 Å². The van der Waals surface area contributed by atoms with E-state index in [2.05, 4.69) is 15.2 Å². The maximum absolute atomic E-state index is 12.9. The van der Waals surface area contributed by atoms with E-state index in [9.17, 15) is 22.8 Å². The van der Waals surface area contributed by atoms with E-state index in [1.54, 1.807) is 0 Å². The third-order valence-corrected chi connectivity index (χ3v) is 3.26. The fourth-order valence-electron chi connectivity index (χ4n) is 2.09. The number of halogens is 3. The Morgan fingerprint density at radius 1 is 1.15 bits per heavy atom. The largest absolute Gasteiger partial charge is 0.430 e. The van der Waals surface area contributed by atoms with Crippen molar-refractivity contribution in [1.29, 1.82) is 0 Å². The first kappa shape index (κ1) is 17.4. The second-order valence-electron chi connectivity index (χ2n) is 5.08. The Morgan fingerprint density at radius 2 is 1.92 bits per heavy atom. The molecule has 0 unspecified atom stereocenters. The van der Waals surface area contributed by atoms with Crippen molar-refractivity contribution < 1.29 is 31.9 Å². The van der Waals surface area contributed by atoms with Gasteiger partial charge in [0.2, 0.25) is 5.78 Å². The molecule has 0 aliphatic carbocycles. The van der Waals surface area contributed by atoms with Crippen LogP contribution in [0.3, 0.4) is 0 Å². The van der Waals surface area contributed by atoms with Crippen LogP contribution in [0.25, 0.3) is 0 Å². The Balaban J connectivity index is 1.71. The Bertz CT molecular complexity index is 932. The summed E-state index contributed by atoms with van der Waals surface area (Å²) in [6.07, 6.45) is -3.91. The quantitative estimate of drug-likeness (QED) is 0.532. The lowest BCUT2D eigenvalue weighted by Gasteiger charge is -2.11. The highest BCUT2D eigenvalue weighted by atomic mass is 19.4.